The van der Waals surface area contributed by atoms with Crippen molar-refractivity contribution in [3.63, 3.8) is 0 Å². The summed E-state index contributed by atoms with van der Waals surface area (Å²) in [5.74, 6) is 1.18. The summed E-state index contributed by atoms with van der Waals surface area (Å²) < 4.78 is 1.19. The van der Waals surface area contributed by atoms with Crippen molar-refractivity contribution in [1.82, 2.24) is 4.98 Å². The van der Waals surface area contributed by atoms with E-state index in [0.717, 1.165) is 17.1 Å². The van der Waals surface area contributed by atoms with Gasteiger partial charge in [0, 0.05) is 10.9 Å². The number of fused-ring (bicyclic) bond motifs is 1. The summed E-state index contributed by atoms with van der Waals surface area (Å²) >= 11 is 7.78. The Morgan fingerprint density at radius 3 is 3.12 bits per heavy atom. The van der Waals surface area contributed by atoms with Gasteiger partial charge in [-0.05, 0) is 43.5 Å². The van der Waals surface area contributed by atoms with Gasteiger partial charge in [-0.15, -0.1) is 11.3 Å². The number of benzene rings is 1. The van der Waals surface area contributed by atoms with E-state index in [1.807, 2.05) is 18.2 Å². The predicted molar refractivity (Wildman–Crippen MR) is 73.8 cm³/mol. The van der Waals surface area contributed by atoms with Gasteiger partial charge in [0.15, 0.2) is 0 Å². The van der Waals surface area contributed by atoms with Crippen molar-refractivity contribution in [2.45, 2.75) is 25.2 Å². The number of rotatable bonds is 2. The standard InChI is InChI=1S/C13H15ClN2S/c14-9-4-5-11-12(6-9)17-13(16-11)10-3-1-2-8(10)7-15/h4-6,8,10H,1-3,7,15H2. The lowest BCUT2D eigenvalue weighted by Crippen LogP contribution is -2.16. The highest BCUT2D eigenvalue weighted by atomic mass is 35.5. The van der Waals surface area contributed by atoms with Crippen molar-refractivity contribution >= 4 is 33.2 Å². The van der Waals surface area contributed by atoms with Crippen LogP contribution in [0.4, 0.5) is 0 Å². The molecule has 1 fully saturated rings. The largest absolute Gasteiger partial charge is 0.330 e. The fourth-order valence-electron chi connectivity index (χ4n) is 2.72. The van der Waals surface area contributed by atoms with Gasteiger partial charge in [-0.1, -0.05) is 18.0 Å². The van der Waals surface area contributed by atoms with Gasteiger partial charge in [-0.3, -0.25) is 0 Å². The molecule has 2 atom stereocenters. The van der Waals surface area contributed by atoms with E-state index in [1.54, 1.807) is 11.3 Å². The lowest BCUT2D eigenvalue weighted by Gasteiger charge is -2.14. The maximum Gasteiger partial charge on any atom is 0.0972 e. The molecule has 2 nitrogen and oxygen atoms in total. The molecule has 1 saturated carbocycles. The molecule has 1 aromatic carbocycles. The molecule has 2 N–H and O–H groups in total. The first-order valence-electron chi connectivity index (χ1n) is 6.04. The Morgan fingerprint density at radius 2 is 2.29 bits per heavy atom. The lowest BCUT2D eigenvalue weighted by atomic mass is 9.97. The number of aromatic nitrogens is 1. The van der Waals surface area contributed by atoms with Gasteiger partial charge in [-0.2, -0.15) is 0 Å². The van der Waals surface area contributed by atoms with Gasteiger partial charge < -0.3 is 5.73 Å². The number of nitrogens with zero attached hydrogens (tertiary/aromatic N) is 1. The van der Waals surface area contributed by atoms with Crippen LogP contribution in [0.3, 0.4) is 0 Å². The Kier molecular flexibility index (Phi) is 3.07. The molecule has 1 heterocycles. The molecule has 4 heteroatoms. The molecule has 0 spiro atoms. The van der Waals surface area contributed by atoms with Crippen LogP contribution in [-0.2, 0) is 0 Å². The average molecular weight is 267 g/mol. The van der Waals surface area contributed by atoms with E-state index < -0.39 is 0 Å². The quantitative estimate of drug-likeness (QED) is 0.898. The Hall–Kier alpha value is -0.640. The number of halogens is 1. The third kappa shape index (κ3) is 2.07. The Labute approximate surface area is 110 Å². The van der Waals surface area contributed by atoms with Crippen LogP contribution in [0.15, 0.2) is 18.2 Å². The normalized spacial score (nSPS) is 24.6. The van der Waals surface area contributed by atoms with Crippen molar-refractivity contribution in [3.8, 4) is 0 Å². The predicted octanol–water partition coefficient (Wildman–Crippen LogP) is 3.79. The van der Waals surface area contributed by atoms with E-state index in [4.69, 9.17) is 22.3 Å². The van der Waals surface area contributed by atoms with E-state index in [1.165, 1.54) is 29.0 Å². The third-order valence-electron chi connectivity index (χ3n) is 3.65. The molecule has 0 bridgehead atoms. The van der Waals surface area contributed by atoms with Crippen molar-refractivity contribution in [3.05, 3.63) is 28.2 Å². The van der Waals surface area contributed by atoms with E-state index in [2.05, 4.69) is 0 Å². The summed E-state index contributed by atoms with van der Waals surface area (Å²) in [5.41, 5.74) is 6.90. The topological polar surface area (TPSA) is 38.9 Å². The number of thiazole rings is 1. The van der Waals surface area contributed by atoms with Gasteiger partial charge in [-0.25, -0.2) is 4.98 Å². The van der Waals surface area contributed by atoms with Crippen LogP contribution < -0.4 is 5.73 Å². The van der Waals surface area contributed by atoms with Crippen LogP contribution in [0.1, 0.15) is 30.2 Å². The summed E-state index contributed by atoms with van der Waals surface area (Å²) in [6, 6.07) is 5.91. The highest BCUT2D eigenvalue weighted by Gasteiger charge is 2.29. The van der Waals surface area contributed by atoms with Gasteiger partial charge in [0.2, 0.25) is 0 Å². The molecule has 2 unspecified atom stereocenters. The molecule has 90 valence electrons. The average Bonchev–Trinajstić information content (AvgIpc) is 2.93. The Bertz CT molecular complexity index is 537. The molecule has 0 saturated heterocycles. The van der Waals surface area contributed by atoms with Crippen LogP contribution in [0, 0.1) is 5.92 Å². The molecule has 17 heavy (non-hydrogen) atoms. The number of hydrogen-bond donors (Lipinski definition) is 1. The second kappa shape index (κ2) is 4.56. The maximum absolute atomic E-state index is 6.00. The zero-order chi connectivity index (χ0) is 11.8. The molecular weight excluding hydrogens is 252 g/mol. The van der Waals surface area contributed by atoms with Crippen molar-refractivity contribution in [2.24, 2.45) is 11.7 Å². The molecular formula is C13H15ClN2S. The van der Waals surface area contributed by atoms with Crippen molar-refractivity contribution in [2.75, 3.05) is 6.54 Å². The minimum atomic E-state index is 0.566. The Morgan fingerprint density at radius 1 is 1.41 bits per heavy atom. The van der Waals surface area contributed by atoms with Crippen LogP contribution in [0.25, 0.3) is 10.2 Å². The zero-order valence-corrected chi connectivity index (χ0v) is 11.1. The molecule has 0 aliphatic heterocycles. The highest BCUT2D eigenvalue weighted by molar-refractivity contribution is 7.18. The summed E-state index contributed by atoms with van der Waals surface area (Å²) in [7, 11) is 0. The maximum atomic E-state index is 6.00. The number of nitrogens with two attached hydrogens (primary N) is 1. The zero-order valence-electron chi connectivity index (χ0n) is 9.53. The summed E-state index contributed by atoms with van der Waals surface area (Å²) in [6.07, 6.45) is 3.76. The molecule has 0 amide bonds. The highest BCUT2D eigenvalue weighted by Crippen LogP contribution is 2.42. The van der Waals surface area contributed by atoms with E-state index in [0.29, 0.717) is 11.8 Å². The van der Waals surface area contributed by atoms with E-state index in [9.17, 15) is 0 Å². The fourth-order valence-corrected chi connectivity index (χ4v) is 4.19. The smallest absolute Gasteiger partial charge is 0.0972 e. The number of hydrogen-bond acceptors (Lipinski definition) is 3. The van der Waals surface area contributed by atoms with Crippen LogP contribution in [0.2, 0.25) is 5.02 Å². The molecule has 3 rings (SSSR count). The van der Waals surface area contributed by atoms with Crippen molar-refractivity contribution in [1.29, 1.82) is 0 Å². The van der Waals surface area contributed by atoms with Crippen LogP contribution in [0.5, 0.6) is 0 Å². The monoisotopic (exact) mass is 266 g/mol. The van der Waals surface area contributed by atoms with E-state index >= 15 is 0 Å². The third-order valence-corrected chi connectivity index (χ3v) is 5.03. The molecule has 0 radical (unpaired) electrons. The SMILES string of the molecule is NCC1CCCC1c1nc2ccc(Cl)cc2s1. The van der Waals surface area contributed by atoms with Gasteiger partial charge in [0.05, 0.1) is 15.2 Å². The molecule has 1 aliphatic carbocycles. The van der Waals surface area contributed by atoms with Crippen LogP contribution >= 0.6 is 22.9 Å². The Balaban J connectivity index is 2.00. The van der Waals surface area contributed by atoms with Crippen molar-refractivity contribution < 1.29 is 0 Å². The van der Waals surface area contributed by atoms with Gasteiger partial charge in [0.25, 0.3) is 0 Å². The van der Waals surface area contributed by atoms with Gasteiger partial charge >= 0.3 is 0 Å². The summed E-state index contributed by atoms with van der Waals surface area (Å²) in [4.78, 5) is 4.74. The van der Waals surface area contributed by atoms with Gasteiger partial charge in [0.1, 0.15) is 0 Å². The lowest BCUT2D eigenvalue weighted by molar-refractivity contribution is 0.495. The first kappa shape index (κ1) is 11.5. The minimum absolute atomic E-state index is 0.566. The molecule has 2 aromatic rings. The fraction of sp³-hybridized carbons (Fsp3) is 0.462. The molecule has 1 aliphatic rings. The first-order valence-corrected chi connectivity index (χ1v) is 7.23. The second-order valence-electron chi connectivity index (χ2n) is 4.70. The summed E-state index contributed by atoms with van der Waals surface area (Å²) in [6.45, 7) is 0.779. The minimum Gasteiger partial charge on any atom is -0.330 e. The summed E-state index contributed by atoms with van der Waals surface area (Å²) in [5, 5.41) is 2.03. The first-order chi connectivity index (χ1) is 8.28. The van der Waals surface area contributed by atoms with Crippen LogP contribution in [-0.4, -0.2) is 11.5 Å². The second-order valence-corrected chi connectivity index (χ2v) is 6.20. The molecule has 1 aromatic heterocycles. The van der Waals surface area contributed by atoms with E-state index in [-0.39, 0.29) is 0 Å².